The van der Waals surface area contributed by atoms with E-state index >= 15 is 0 Å². The molecule has 0 spiro atoms. The first kappa shape index (κ1) is 13.5. The van der Waals surface area contributed by atoms with Gasteiger partial charge >= 0.3 is 0 Å². The highest BCUT2D eigenvalue weighted by molar-refractivity contribution is 5.45. The lowest BCUT2D eigenvalue weighted by Gasteiger charge is -2.34. The van der Waals surface area contributed by atoms with Crippen molar-refractivity contribution in [2.75, 3.05) is 6.54 Å². The van der Waals surface area contributed by atoms with Crippen molar-refractivity contribution < 1.29 is 9.66 Å². The summed E-state index contributed by atoms with van der Waals surface area (Å²) in [7, 11) is 0. The van der Waals surface area contributed by atoms with Crippen LogP contribution in [0.15, 0.2) is 18.2 Å². The fourth-order valence-corrected chi connectivity index (χ4v) is 3.80. The first-order chi connectivity index (χ1) is 9.55. The normalized spacial score (nSPS) is 31.7. The Kier molecular flexibility index (Phi) is 3.26. The lowest BCUT2D eigenvalue weighted by Crippen LogP contribution is -2.41. The summed E-state index contributed by atoms with van der Waals surface area (Å²) in [5, 5.41) is 11.0. The Morgan fingerprint density at radius 1 is 1.50 bits per heavy atom. The summed E-state index contributed by atoms with van der Waals surface area (Å²) in [6, 6.07) is 5.30. The van der Waals surface area contributed by atoms with Crippen LogP contribution < -0.4 is 5.73 Å². The highest BCUT2D eigenvalue weighted by Crippen LogP contribution is 2.49. The summed E-state index contributed by atoms with van der Waals surface area (Å²) in [5.74, 6) is 0. The minimum Gasteiger partial charge on any atom is -0.374 e. The Morgan fingerprint density at radius 3 is 2.85 bits per heavy atom. The number of hydrogen-bond acceptors (Lipinski definition) is 4. The molecule has 2 N–H and O–H groups in total. The van der Waals surface area contributed by atoms with Crippen molar-refractivity contribution in [3.63, 3.8) is 0 Å². The topological polar surface area (TPSA) is 78.4 Å². The van der Waals surface area contributed by atoms with E-state index in [0.717, 1.165) is 36.8 Å². The Balaban J connectivity index is 1.91. The lowest BCUT2D eigenvalue weighted by atomic mass is 9.69. The summed E-state index contributed by atoms with van der Waals surface area (Å²) in [6.07, 6.45) is 4.50. The third kappa shape index (κ3) is 2.01. The molecule has 3 atom stereocenters. The third-order valence-corrected chi connectivity index (χ3v) is 4.99. The lowest BCUT2D eigenvalue weighted by molar-refractivity contribution is -0.385. The molecule has 2 aliphatic heterocycles. The van der Waals surface area contributed by atoms with Gasteiger partial charge in [0.25, 0.3) is 5.69 Å². The quantitative estimate of drug-likeness (QED) is 0.676. The second-order valence-corrected chi connectivity index (χ2v) is 6.09. The molecule has 0 saturated carbocycles. The molecule has 3 unspecified atom stereocenters. The molecule has 5 heteroatoms. The van der Waals surface area contributed by atoms with Crippen molar-refractivity contribution in [2.45, 2.75) is 44.8 Å². The molecule has 20 heavy (non-hydrogen) atoms. The van der Waals surface area contributed by atoms with Crippen molar-refractivity contribution in [1.29, 1.82) is 0 Å². The maximum Gasteiger partial charge on any atom is 0.272 e. The molecule has 0 radical (unpaired) electrons. The first-order valence-corrected chi connectivity index (χ1v) is 7.14. The number of benzene rings is 1. The van der Waals surface area contributed by atoms with Crippen molar-refractivity contribution >= 4 is 5.69 Å². The van der Waals surface area contributed by atoms with Crippen LogP contribution in [0.2, 0.25) is 0 Å². The van der Waals surface area contributed by atoms with Crippen LogP contribution in [0.1, 0.15) is 30.4 Å². The fraction of sp³-hybridized carbons (Fsp3) is 0.600. The van der Waals surface area contributed by atoms with Crippen molar-refractivity contribution in [1.82, 2.24) is 0 Å². The highest BCUT2D eigenvalue weighted by atomic mass is 16.6. The van der Waals surface area contributed by atoms with Crippen molar-refractivity contribution in [3.05, 3.63) is 39.4 Å². The van der Waals surface area contributed by atoms with Gasteiger partial charge in [-0.05, 0) is 38.2 Å². The second kappa shape index (κ2) is 4.82. The smallest absolute Gasteiger partial charge is 0.272 e. The maximum atomic E-state index is 11.0. The third-order valence-electron chi connectivity index (χ3n) is 4.99. The van der Waals surface area contributed by atoms with Gasteiger partial charge in [0.05, 0.1) is 17.1 Å². The largest absolute Gasteiger partial charge is 0.374 e. The van der Waals surface area contributed by atoms with Gasteiger partial charge in [-0.25, -0.2) is 0 Å². The molecule has 2 saturated heterocycles. The van der Waals surface area contributed by atoms with E-state index in [0.29, 0.717) is 12.6 Å². The van der Waals surface area contributed by atoms with E-state index < -0.39 is 0 Å². The Morgan fingerprint density at radius 2 is 2.30 bits per heavy atom. The van der Waals surface area contributed by atoms with Crippen LogP contribution in [0.3, 0.4) is 0 Å². The van der Waals surface area contributed by atoms with Gasteiger partial charge in [0.2, 0.25) is 0 Å². The van der Waals surface area contributed by atoms with E-state index in [1.54, 1.807) is 12.1 Å². The van der Waals surface area contributed by atoms with Gasteiger partial charge in [-0.15, -0.1) is 0 Å². The molecule has 0 aliphatic carbocycles. The molecule has 2 aliphatic rings. The van der Waals surface area contributed by atoms with Gasteiger partial charge in [0.1, 0.15) is 0 Å². The zero-order valence-corrected chi connectivity index (χ0v) is 11.7. The molecule has 1 aromatic rings. The molecule has 2 fully saturated rings. The number of fused-ring (bicyclic) bond motifs is 2. The van der Waals surface area contributed by atoms with Gasteiger partial charge in [-0.1, -0.05) is 12.1 Å². The van der Waals surface area contributed by atoms with Crippen molar-refractivity contribution in [3.8, 4) is 0 Å². The van der Waals surface area contributed by atoms with E-state index in [1.165, 1.54) is 0 Å². The summed E-state index contributed by atoms with van der Waals surface area (Å²) in [6.45, 7) is 2.40. The second-order valence-electron chi connectivity index (χ2n) is 6.09. The molecular weight excluding hydrogens is 256 g/mol. The molecule has 2 bridgehead atoms. The SMILES string of the molecule is Cc1c(CC2(CN)CC3CCC2O3)cccc1[N+](=O)[O-]. The molecule has 3 rings (SSSR count). The van der Waals surface area contributed by atoms with Gasteiger partial charge in [-0.3, -0.25) is 10.1 Å². The number of hydrogen-bond donors (Lipinski definition) is 1. The number of nitrogens with zero attached hydrogens (tertiary/aromatic N) is 1. The Bertz CT molecular complexity index is 546. The fourth-order valence-electron chi connectivity index (χ4n) is 3.80. The van der Waals surface area contributed by atoms with Crippen LogP contribution in [-0.4, -0.2) is 23.7 Å². The Hall–Kier alpha value is -1.46. The number of ether oxygens (including phenoxy) is 1. The number of rotatable bonds is 4. The average molecular weight is 276 g/mol. The summed E-state index contributed by atoms with van der Waals surface area (Å²) < 4.78 is 5.96. The van der Waals surface area contributed by atoms with Gasteiger partial charge in [0.15, 0.2) is 0 Å². The van der Waals surface area contributed by atoms with Crippen LogP contribution in [0.5, 0.6) is 0 Å². The van der Waals surface area contributed by atoms with Crippen molar-refractivity contribution in [2.24, 2.45) is 11.1 Å². The number of nitro benzene ring substituents is 1. The Labute approximate surface area is 118 Å². The van der Waals surface area contributed by atoms with Crippen LogP contribution in [0.25, 0.3) is 0 Å². The first-order valence-electron chi connectivity index (χ1n) is 7.14. The molecular formula is C15H20N2O3. The molecule has 1 aromatic carbocycles. The average Bonchev–Trinajstić information content (AvgIpc) is 3.01. The zero-order valence-electron chi connectivity index (χ0n) is 11.7. The highest BCUT2D eigenvalue weighted by Gasteiger charge is 2.51. The zero-order chi connectivity index (χ0) is 14.3. The van der Waals surface area contributed by atoms with E-state index in [1.807, 2.05) is 13.0 Å². The van der Waals surface area contributed by atoms with Crippen LogP contribution in [-0.2, 0) is 11.2 Å². The molecule has 5 nitrogen and oxygen atoms in total. The summed E-state index contributed by atoms with van der Waals surface area (Å²) in [5.41, 5.74) is 7.98. The van der Waals surface area contributed by atoms with Gasteiger partial charge in [-0.2, -0.15) is 0 Å². The van der Waals surface area contributed by atoms with E-state index in [9.17, 15) is 10.1 Å². The number of nitrogens with two attached hydrogens (primary N) is 1. The molecule has 108 valence electrons. The predicted molar refractivity (Wildman–Crippen MR) is 75.5 cm³/mol. The van der Waals surface area contributed by atoms with Gasteiger partial charge < -0.3 is 10.5 Å². The van der Waals surface area contributed by atoms with Gasteiger partial charge in [0, 0.05) is 23.6 Å². The monoisotopic (exact) mass is 276 g/mol. The standard InChI is InChI=1S/C15H20N2O3/c1-10-11(3-2-4-13(10)17(18)19)7-15(9-16)8-12-5-6-14(15)20-12/h2-4,12,14H,5-9,16H2,1H3. The van der Waals surface area contributed by atoms with E-state index in [2.05, 4.69) is 0 Å². The van der Waals surface area contributed by atoms with Crippen LogP contribution in [0.4, 0.5) is 5.69 Å². The van der Waals surface area contributed by atoms with E-state index in [4.69, 9.17) is 10.5 Å². The van der Waals surface area contributed by atoms with E-state index in [-0.39, 0.29) is 22.1 Å². The maximum absolute atomic E-state index is 11.0. The minimum absolute atomic E-state index is 0.0388. The molecule has 0 amide bonds. The minimum atomic E-state index is -0.314. The summed E-state index contributed by atoms with van der Waals surface area (Å²) >= 11 is 0. The van der Waals surface area contributed by atoms with Crippen LogP contribution >= 0.6 is 0 Å². The predicted octanol–water partition coefficient (Wildman–Crippen LogP) is 2.34. The molecule has 0 aromatic heterocycles. The summed E-state index contributed by atoms with van der Waals surface area (Å²) in [4.78, 5) is 10.7. The van der Waals surface area contributed by atoms with Crippen LogP contribution in [0, 0.1) is 22.5 Å². The number of nitro groups is 1. The molecule has 2 heterocycles.